The van der Waals surface area contributed by atoms with Gasteiger partial charge in [0.1, 0.15) is 5.60 Å². The molecule has 4 atom stereocenters. The summed E-state index contributed by atoms with van der Waals surface area (Å²) in [6.45, 7) is 8.49. The van der Waals surface area contributed by atoms with Crippen LogP contribution >= 0.6 is 0 Å². The molecular formula is C15H27NO3. The Labute approximate surface area is 116 Å². The first kappa shape index (κ1) is 14.6. The molecule has 1 heterocycles. The van der Waals surface area contributed by atoms with Crippen LogP contribution in [0.15, 0.2) is 0 Å². The maximum Gasteiger partial charge on any atom is 0.410 e. The highest BCUT2D eigenvalue weighted by molar-refractivity contribution is 5.68. The van der Waals surface area contributed by atoms with E-state index >= 15 is 0 Å². The van der Waals surface area contributed by atoms with Gasteiger partial charge in [-0.25, -0.2) is 4.79 Å². The van der Waals surface area contributed by atoms with E-state index in [1.165, 1.54) is 0 Å². The molecule has 4 heteroatoms. The molecule has 0 aromatic heterocycles. The maximum atomic E-state index is 12.2. The number of rotatable bonds is 0. The number of piperidine rings is 1. The first-order valence-corrected chi connectivity index (χ1v) is 7.47. The quantitative estimate of drug-likeness (QED) is 0.735. The number of hydrogen-bond acceptors (Lipinski definition) is 3. The van der Waals surface area contributed by atoms with Crippen molar-refractivity contribution < 1.29 is 14.6 Å². The molecule has 3 unspecified atom stereocenters. The molecule has 19 heavy (non-hydrogen) atoms. The number of carbonyl (C=O) groups excluding carboxylic acids is 1. The van der Waals surface area contributed by atoms with Crippen LogP contribution in [0.2, 0.25) is 0 Å². The number of ether oxygens (including phenoxy) is 1. The molecule has 1 amide bonds. The highest BCUT2D eigenvalue weighted by Gasteiger charge is 2.43. The van der Waals surface area contributed by atoms with E-state index in [-0.39, 0.29) is 18.2 Å². The van der Waals surface area contributed by atoms with Gasteiger partial charge in [0.15, 0.2) is 0 Å². The molecule has 0 bridgehead atoms. The van der Waals surface area contributed by atoms with Crippen molar-refractivity contribution in [3.05, 3.63) is 0 Å². The number of fused-ring (bicyclic) bond motifs is 1. The third-order valence-electron chi connectivity index (χ3n) is 4.52. The topological polar surface area (TPSA) is 49.8 Å². The summed E-state index contributed by atoms with van der Waals surface area (Å²) in [5.74, 6) is 0.785. The zero-order valence-electron chi connectivity index (χ0n) is 12.6. The molecule has 4 nitrogen and oxygen atoms in total. The molecule has 2 rings (SSSR count). The number of aliphatic hydroxyl groups excluding tert-OH is 1. The van der Waals surface area contributed by atoms with Gasteiger partial charge in [-0.05, 0) is 58.8 Å². The standard InChI is InChI=1S/C15H27NO3/c1-10-11-6-5-7-13(17)12(11)8-9-16(10)14(18)19-15(2,3)4/h10-13,17H,5-9H2,1-4H3/t10-,11?,12?,13?/m0/s1. The van der Waals surface area contributed by atoms with E-state index in [9.17, 15) is 9.90 Å². The molecular weight excluding hydrogens is 242 g/mol. The normalized spacial score (nSPS) is 35.7. The van der Waals surface area contributed by atoms with Crippen molar-refractivity contribution >= 4 is 6.09 Å². The minimum atomic E-state index is -0.445. The minimum Gasteiger partial charge on any atom is -0.444 e. The fourth-order valence-electron chi connectivity index (χ4n) is 3.58. The zero-order valence-corrected chi connectivity index (χ0v) is 12.6. The fourth-order valence-corrected chi connectivity index (χ4v) is 3.58. The molecule has 1 saturated heterocycles. The van der Waals surface area contributed by atoms with Gasteiger partial charge in [-0.1, -0.05) is 6.42 Å². The molecule has 0 aromatic rings. The van der Waals surface area contributed by atoms with Crippen LogP contribution in [-0.4, -0.2) is 40.4 Å². The lowest BCUT2D eigenvalue weighted by Crippen LogP contribution is -2.54. The predicted octanol–water partition coefficient (Wildman–Crippen LogP) is 2.79. The summed E-state index contributed by atoms with van der Waals surface area (Å²) in [6.07, 6.45) is 3.60. The molecule has 1 aliphatic heterocycles. The van der Waals surface area contributed by atoms with Gasteiger partial charge in [-0.3, -0.25) is 0 Å². The van der Waals surface area contributed by atoms with Crippen LogP contribution < -0.4 is 0 Å². The number of nitrogens with zero attached hydrogens (tertiary/aromatic N) is 1. The van der Waals surface area contributed by atoms with Gasteiger partial charge in [-0.2, -0.15) is 0 Å². The Bertz CT molecular complexity index is 337. The van der Waals surface area contributed by atoms with E-state index < -0.39 is 5.60 Å². The summed E-state index contributed by atoms with van der Waals surface area (Å²) < 4.78 is 5.48. The van der Waals surface area contributed by atoms with Crippen molar-refractivity contribution in [1.29, 1.82) is 0 Å². The Kier molecular flexibility index (Phi) is 4.09. The largest absolute Gasteiger partial charge is 0.444 e. The lowest BCUT2D eigenvalue weighted by atomic mass is 9.70. The van der Waals surface area contributed by atoms with Crippen LogP contribution in [0.4, 0.5) is 4.79 Å². The summed E-state index contributed by atoms with van der Waals surface area (Å²) in [6, 6.07) is 0.170. The molecule has 1 N–H and O–H groups in total. The summed E-state index contributed by atoms with van der Waals surface area (Å²) >= 11 is 0. The Morgan fingerprint density at radius 3 is 2.53 bits per heavy atom. The van der Waals surface area contributed by atoms with Crippen molar-refractivity contribution in [1.82, 2.24) is 4.90 Å². The number of hydrogen-bond donors (Lipinski definition) is 1. The van der Waals surface area contributed by atoms with Crippen LogP contribution in [0, 0.1) is 11.8 Å². The average molecular weight is 269 g/mol. The average Bonchev–Trinajstić information content (AvgIpc) is 2.28. The zero-order chi connectivity index (χ0) is 14.2. The van der Waals surface area contributed by atoms with Gasteiger partial charge in [0.25, 0.3) is 0 Å². The molecule has 0 radical (unpaired) electrons. The number of likely N-dealkylation sites (tertiary alicyclic amines) is 1. The first-order chi connectivity index (χ1) is 8.79. The molecule has 0 spiro atoms. The smallest absolute Gasteiger partial charge is 0.410 e. The van der Waals surface area contributed by atoms with Crippen molar-refractivity contribution in [2.24, 2.45) is 11.8 Å². The summed E-state index contributed by atoms with van der Waals surface area (Å²) in [4.78, 5) is 14.1. The molecule has 0 aromatic carbocycles. The third-order valence-corrected chi connectivity index (χ3v) is 4.52. The molecule has 2 fully saturated rings. The lowest BCUT2D eigenvalue weighted by Gasteiger charge is -2.48. The highest BCUT2D eigenvalue weighted by Crippen LogP contribution is 2.40. The van der Waals surface area contributed by atoms with Crippen LogP contribution in [0.1, 0.15) is 53.4 Å². The van der Waals surface area contributed by atoms with E-state index in [0.29, 0.717) is 18.4 Å². The summed E-state index contributed by atoms with van der Waals surface area (Å²) in [5.41, 5.74) is -0.445. The molecule has 1 aliphatic carbocycles. The van der Waals surface area contributed by atoms with E-state index in [1.807, 2.05) is 25.7 Å². The van der Waals surface area contributed by atoms with Gasteiger partial charge in [-0.15, -0.1) is 0 Å². The second-order valence-corrected chi connectivity index (χ2v) is 7.03. The molecule has 110 valence electrons. The van der Waals surface area contributed by atoms with Gasteiger partial charge in [0, 0.05) is 12.6 Å². The van der Waals surface area contributed by atoms with Gasteiger partial charge >= 0.3 is 6.09 Å². The van der Waals surface area contributed by atoms with Crippen molar-refractivity contribution in [2.75, 3.05) is 6.54 Å². The van der Waals surface area contributed by atoms with Crippen molar-refractivity contribution in [3.8, 4) is 0 Å². The van der Waals surface area contributed by atoms with Crippen LogP contribution in [0.5, 0.6) is 0 Å². The number of aliphatic hydroxyl groups is 1. The maximum absolute atomic E-state index is 12.2. The predicted molar refractivity (Wildman–Crippen MR) is 73.9 cm³/mol. The van der Waals surface area contributed by atoms with Gasteiger partial charge in [0.2, 0.25) is 0 Å². The van der Waals surface area contributed by atoms with Crippen LogP contribution in [0.25, 0.3) is 0 Å². The first-order valence-electron chi connectivity index (χ1n) is 7.47. The lowest BCUT2D eigenvalue weighted by molar-refractivity contribution is -0.0514. The van der Waals surface area contributed by atoms with Crippen molar-refractivity contribution in [3.63, 3.8) is 0 Å². The Balaban J connectivity index is 2.03. The number of carbonyl (C=O) groups is 1. The number of amides is 1. The fraction of sp³-hybridized carbons (Fsp3) is 0.933. The van der Waals surface area contributed by atoms with E-state index in [1.54, 1.807) is 0 Å². The van der Waals surface area contributed by atoms with Crippen LogP contribution in [0.3, 0.4) is 0 Å². The highest BCUT2D eigenvalue weighted by atomic mass is 16.6. The van der Waals surface area contributed by atoms with Gasteiger partial charge < -0.3 is 14.7 Å². The summed E-state index contributed by atoms with van der Waals surface area (Å²) in [7, 11) is 0. The minimum absolute atomic E-state index is 0.170. The van der Waals surface area contributed by atoms with Gasteiger partial charge in [0.05, 0.1) is 6.10 Å². The molecule has 2 aliphatic rings. The second-order valence-electron chi connectivity index (χ2n) is 7.03. The molecule has 1 saturated carbocycles. The Hall–Kier alpha value is -0.770. The second kappa shape index (κ2) is 5.31. The van der Waals surface area contributed by atoms with E-state index in [4.69, 9.17) is 4.74 Å². The van der Waals surface area contributed by atoms with Crippen molar-refractivity contribution in [2.45, 2.75) is 71.1 Å². The summed E-state index contributed by atoms with van der Waals surface area (Å²) in [5, 5.41) is 10.1. The van der Waals surface area contributed by atoms with E-state index in [2.05, 4.69) is 6.92 Å². The monoisotopic (exact) mass is 269 g/mol. The van der Waals surface area contributed by atoms with E-state index in [0.717, 1.165) is 25.7 Å². The Morgan fingerprint density at radius 2 is 1.89 bits per heavy atom. The third kappa shape index (κ3) is 3.22. The Morgan fingerprint density at radius 1 is 1.21 bits per heavy atom. The SMILES string of the molecule is C[C@H]1C2CCCC(O)C2CCN1C(=O)OC(C)(C)C. The van der Waals surface area contributed by atoms with Crippen LogP contribution in [-0.2, 0) is 4.74 Å².